The number of nitrogens with zero attached hydrogens (tertiary/aromatic N) is 2. The maximum atomic E-state index is 12.2. The fraction of sp³-hybridized carbons (Fsp3) is 0.500. The maximum absolute atomic E-state index is 12.2. The molecule has 0 saturated heterocycles. The standard InChI is InChI=1S/C20H27N3O2S2/c1-13-6-8-15(9-7-13)16(24)12-26-19-23-22-18(27-19)21-17(25)10-14(2)11-20(3,4)5/h6-9,14H,10-12H2,1-5H3,(H,21,22,25)/t14-/m1/s1. The predicted molar refractivity (Wildman–Crippen MR) is 113 cm³/mol. The second kappa shape index (κ2) is 9.46. The molecule has 0 radical (unpaired) electrons. The van der Waals surface area contributed by atoms with E-state index < -0.39 is 0 Å². The van der Waals surface area contributed by atoms with Gasteiger partial charge in [0.15, 0.2) is 10.1 Å². The Labute approximate surface area is 169 Å². The molecule has 0 bridgehead atoms. The van der Waals surface area contributed by atoms with Crippen LogP contribution in [0.4, 0.5) is 5.13 Å². The average Bonchev–Trinajstić information content (AvgIpc) is 2.98. The number of carbonyl (C=O) groups is 2. The number of aromatic nitrogens is 2. The molecular weight excluding hydrogens is 378 g/mol. The topological polar surface area (TPSA) is 72.0 Å². The summed E-state index contributed by atoms with van der Waals surface area (Å²) < 4.78 is 0.675. The fourth-order valence-electron chi connectivity index (χ4n) is 2.87. The van der Waals surface area contributed by atoms with E-state index in [0.717, 1.165) is 12.0 Å². The number of Topliss-reactive ketones (excluding diaryl/α,β-unsaturated/α-hetero) is 1. The van der Waals surface area contributed by atoms with Crippen LogP contribution < -0.4 is 5.32 Å². The van der Waals surface area contributed by atoms with Gasteiger partial charge < -0.3 is 5.32 Å². The summed E-state index contributed by atoms with van der Waals surface area (Å²) in [6.45, 7) is 10.6. The molecule has 0 aliphatic rings. The monoisotopic (exact) mass is 405 g/mol. The first-order chi connectivity index (χ1) is 12.6. The minimum absolute atomic E-state index is 0.0461. The molecule has 27 heavy (non-hydrogen) atoms. The number of aryl methyl sites for hydroxylation is 1. The van der Waals surface area contributed by atoms with E-state index in [2.05, 4.69) is 43.2 Å². The third-order valence-electron chi connectivity index (χ3n) is 3.85. The van der Waals surface area contributed by atoms with Crippen molar-refractivity contribution in [3.8, 4) is 0 Å². The minimum Gasteiger partial charge on any atom is -0.300 e. The van der Waals surface area contributed by atoms with Gasteiger partial charge in [-0.25, -0.2) is 0 Å². The summed E-state index contributed by atoms with van der Waals surface area (Å²) >= 11 is 2.64. The fourth-order valence-corrected chi connectivity index (χ4v) is 4.54. The SMILES string of the molecule is Cc1ccc(C(=O)CSc2nnc(NC(=O)C[C@@H](C)CC(C)(C)C)s2)cc1. The van der Waals surface area contributed by atoms with Crippen LogP contribution in [0.3, 0.4) is 0 Å². The van der Waals surface area contributed by atoms with Gasteiger partial charge in [0, 0.05) is 12.0 Å². The first-order valence-corrected chi connectivity index (χ1v) is 10.8. The smallest absolute Gasteiger partial charge is 0.226 e. The van der Waals surface area contributed by atoms with Crippen LogP contribution in [0.2, 0.25) is 0 Å². The van der Waals surface area contributed by atoms with E-state index in [9.17, 15) is 9.59 Å². The number of thioether (sulfide) groups is 1. The van der Waals surface area contributed by atoms with Crippen molar-refractivity contribution >= 4 is 39.9 Å². The quantitative estimate of drug-likeness (QED) is 0.370. The van der Waals surface area contributed by atoms with Crippen LogP contribution in [-0.2, 0) is 4.79 Å². The Balaban J connectivity index is 1.81. The molecule has 1 heterocycles. The summed E-state index contributed by atoms with van der Waals surface area (Å²) in [6, 6.07) is 7.53. The van der Waals surface area contributed by atoms with E-state index >= 15 is 0 Å². The molecule has 2 aromatic rings. The molecule has 1 aromatic carbocycles. The Morgan fingerprint density at radius 1 is 1.19 bits per heavy atom. The van der Waals surface area contributed by atoms with Crippen LogP contribution in [0.15, 0.2) is 28.6 Å². The van der Waals surface area contributed by atoms with E-state index in [0.29, 0.717) is 33.1 Å². The highest BCUT2D eigenvalue weighted by Crippen LogP contribution is 2.28. The van der Waals surface area contributed by atoms with Gasteiger partial charge in [-0.3, -0.25) is 9.59 Å². The lowest BCUT2D eigenvalue weighted by atomic mass is 9.84. The first kappa shape index (κ1) is 21.6. The van der Waals surface area contributed by atoms with E-state index in [1.54, 1.807) is 0 Å². The molecule has 7 heteroatoms. The van der Waals surface area contributed by atoms with E-state index in [-0.39, 0.29) is 17.1 Å². The Kier molecular flexibility index (Phi) is 7.56. The van der Waals surface area contributed by atoms with Gasteiger partial charge in [-0.2, -0.15) is 0 Å². The second-order valence-electron chi connectivity index (χ2n) is 8.07. The minimum atomic E-state index is -0.0461. The lowest BCUT2D eigenvalue weighted by Gasteiger charge is -2.22. The van der Waals surface area contributed by atoms with Crippen LogP contribution in [0, 0.1) is 18.3 Å². The van der Waals surface area contributed by atoms with Crippen LogP contribution in [0.25, 0.3) is 0 Å². The highest BCUT2D eigenvalue weighted by Gasteiger charge is 2.18. The van der Waals surface area contributed by atoms with Gasteiger partial charge in [0.1, 0.15) is 0 Å². The van der Waals surface area contributed by atoms with E-state index in [1.165, 1.54) is 23.1 Å². The first-order valence-electron chi connectivity index (χ1n) is 8.98. The maximum Gasteiger partial charge on any atom is 0.226 e. The Hall–Kier alpha value is -1.73. The van der Waals surface area contributed by atoms with Crippen LogP contribution in [0.5, 0.6) is 0 Å². The summed E-state index contributed by atoms with van der Waals surface area (Å²) in [5.74, 6) is 0.611. The lowest BCUT2D eigenvalue weighted by Crippen LogP contribution is -2.18. The lowest BCUT2D eigenvalue weighted by molar-refractivity contribution is -0.117. The van der Waals surface area contributed by atoms with Gasteiger partial charge >= 0.3 is 0 Å². The summed E-state index contributed by atoms with van der Waals surface area (Å²) in [5.41, 5.74) is 2.02. The number of benzene rings is 1. The molecule has 1 atom stereocenters. The molecule has 1 N–H and O–H groups in total. The van der Waals surface area contributed by atoms with Crippen LogP contribution in [0.1, 0.15) is 56.5 Å². The molecule has 1 amide bonds. The zero-order chi connectivity index (χ0) is 20.0. The number of rotatable bonds is 8. The summed E-state index contributed by atoms with van der Waals surface area (Å²) in [6.07, 6.45) is 1.45. The van der Waals surface area contributed by atoms with Gasteiger partial charge in [0.25, 0.3) is 0 Å². The van der Waals surface area contributed by atoms with Gasteiger partial charge in [-0.05, 0) is 24.7 Å². The molecule has 1 aromatic heterocycles. The van der Waals surface area contributed by atoms with Crippen molar-refractivity contribution in [2.75, 3.05) is 11.1 Å². The van der Waals surface area contributed by atoms with Gasteiger partial charge in [-0.15, -0.1) is 10.2 Å². The van der Waals surface area contributed by atoms with Gasteiger partial charge in [0.05, 0.1) is 5.75 Å². The molecule has 0 aliphatic carbocycles. The van der Waals surface area contributed by atoms with Crippen molar-refractivity contribution in [1.29, 1.82) is 0 Å². The van der Waals surface area contributed by atoms with Crippen LogP contribution in [-0.4, -0.2) is 27.6 Å². The molecule has 5 nitrogen and oxygen atoms in total. The number of nitrogens with one attached hydrogen (secondary N) is 1. The van der Waals surface area contributed by atoms with Crippen molar-refractivity contribution in [2.45, 2.75) is 51.8 Å². The number of amides is 1. The van der Waals surface area contributed by atoms with Crippen LogP contribution >= 0.6 is 23.1 Å². The van der Waals surface area contributed by atoms with Crippen molar-refractivity contribution < 1.29 is 9.59 Å². The molecule has 146 valence electrons. The average molecular weight is 406 g/mol. The molecule has 0 aliphatic heterocycles. The Morgan fingerprint density at radius 2 is 1.85 bits per heavy atom. The Bertz CT molecular complexity index is 779. The largest absolute Gasteiger partial charge is 0.300 e. The molecule has 2 rings (SSSR count). The van der Waals surface area contributed by atoms with Gasteiger partial charge in [-0.1, -0.05) is 80.6 Å². The molecule has 0 fully saturated rings. The molecule has 0 unspecified atom stereocenters. The Morgan fingerprint density at radius 3 is 2.48 bits per heavy atom. The number of hydrogen-bond acceptors (Lipinski definition) is 6. The summed E-state index contributed by atoms with van der Waals surface area (Å²) in [7, 11) is 0. The number of carbonyl (C=O) groups excluding carboxylic acids is 2. The second-order valence-corrected chi connectivity index (χ2v) is 10.3. The number of anilines is 1. The van der Waals surface area contributed by atoms with Crippen molar-refractivity contribution in [3.05, 3.63) is 35.4 Å². The third-order valence-corrected chi connectivity index (χ3v) is 5.82. The molecule has 0 saturated carbocycles. The van der Waals surface area contributed by atoms with Crippen molar-refractivity contribution in [1.82, 2.24) is 10.2 Å². The third kappa shape index (κ3) is 7.81. The van der Waals surface area contributed by atoms with Crippen molar-refractivity contribution in [2.24, 2.45) is 11.3 Å². The number of ketones is 1. The predicted octanol–water partition coefficient (Wildman–Crippen LogP) is 5.22. The normalized spacial score (nSPS) is 12.6. The molecule has 0 spiro atoms. The highest BCUT2D eigenvalue weighted by atomic mass is 32.2. The van der Waals surface area contributed by atoms with E-state index in [4.69, 9.17) is 0 Å². The van der Waals surface area contributed by atoms with Crippen molar-refractivity contribution in [3.63, 3.8) is 0 Å². The summed E-state index contributed by atoms with van der Waals surface area (Å²) in [4.78, 5) is 24.4. The summed E-state index contributed by atoms with van der Waals surface area (Å²) in [5, 5.41) is 11.3. The van der Waals surface area contributed by atoms with E-state index in [1.807, 2.05) is 31.2 Å². The highest BCUT2D eigenvalue weighted by molar-refractivity contribution is 8.01. The number of hydrogen-bond donors (Lipinski definition) is 1. The molecular formula is C20H27N3O2S2. The zero-order valence-corrected chi connectivity index (χ0v) is 18.2. The van der Waals surface area contributed by atoms with Gasteiger partial charge in [0.2, 0.25) is 11.0 Å². The zero-order valence-electron chi connectivity index (χ0n) is 16.5.